The fraction of sp³-hybridized carbons (Fsp3) is 0.250. The molecule has 0 aliphatic heterocycles. The summed E-state index contributed by atoms with van der Waals surface area (Å²) in [5.74, 6) is 0. The predicted molar refractivity (Wildman–Crippen MR) is 66.7 cm³/mol. The van der Waals surface area contributed by atoms with Crippen LogP contribution in [0.25, 0.3) is 10.9 Å². The molecule has 96 valence electrons. The monoisotopic (exact) mass is 319 g/mol. The van der Waals surface area contributed by atoms with Crippen LogP contribution in [0.4, 0.5) is 13.2 Å². The van der Waals surface area contributed by atoms with E-state index >= 15 is 0 Å². The zero-order valence-corrected chi connectivity index (χ0v) is 11.2. The second kappa shape index (κ2) is 4.12. The van der Waals surface area contributed by atoms with Crippen molar-refractivity contribution in [2.24, 2.45) is 0 Å². The molecule has 0 radical (unpaired) electrons. The van der Waals surface area contributed by atoms with Gasteiger partial charge in [-0.25, -0.2) is 0 Å². The number of halogens is 4. The second-order valence-corrected chi connectivity index (χ2v) is 4.92. The van der Waals surface area contributed by atoms with Crippen molar-refractivity contribution in [3.05, 3.63) is 43.6 Å². The molecule has 0 bridgehead atoms. The molecular weight excluding hydrogens is 311 g/mol. The number of hydrogen-bond acceptors (Lipinski definition) is 1. The Morgan fingerprint density at radius 3 is 2.39 bits per heavy atom. The summed E-state index contributed by atoms with van der Waals surface area (Å²) in [6.07, 6.45) is -4.57. The van der Waals surface area contributed by atoms with Crippen LogP contribution in [-0.4, -0.2) is 4.98 Å². The molecule has 1 aromatic heterocycles. The van der Waals surface area contributed by atoms with Crippen molar-refractivity contribution in [1.29, 1.82) is 0 Å². The smallest absolute Gasteiger partial charge is 0.350 e. The van der Waals surface area contributed by atoms with Crippen molar-refractivity contribution in [2.45, 2.75) is 20.0 Å². The van der Waals surface area contributed by atoms with Crippen LogP contribution in [0, 0.1) is 13.8 Å². The Balaban J connectivity index is 3.02. The molecule has 1 aromatic carbocycles. The number of alkyl halides is 3. The van der Waals surface area contributed by atoms with Gasteiger partial charge in [0.2, 0.25) is 0 Å². The second-order valence-electron chi connectivity index (χ2n) is 4.07. The molecule has 18 heavy (non-hydrogen) atoms. The average molecular weight is 320 g/mol. The van der Waals surface area contributed by atoms with Crippen LogP contribution in [0.1, 0.15) is 16.8 Å². The highest BCUT2D eigenvalue weighted by Gasteiger charge is 2.35. The van der Waals surface area contributed by atoms with E-state index in [9.17, 15) is 18.0 Å². The summed E-state index contributed by atoms with van der Waals surface area (Å²) < 4.78 is 38.8. The lowest BCUT2D eigenvalue weighted by atomic mass is 10.1. The van der Waals surface area contributed by atoms with Crippen molar-refractivity contribution in [1.82, 2.24) is 4.98 Å². The van der Waals surface area contributed by atoms with E-state index in [0.717, 1.165) is 0 Å². The molecule has 0 saturated carbocycles. The standard InChI is InChI=1S/C12H9BrF3NO/c1-5-3-4-7(13)9-8(5)10(18)6(2)11(17-9)12(14,15)16/h3-4H,1-2H3,(H,17,18). The molecule has 6 heteroatoms. The highest BCUT2D eigenvalue weighted by molar-refractivity contribution is 9.10. The zero-order chi connectivity index (χ0) is 13.7. The summed E-state index contributed by atoms with van der Waals surface area (Å²) in [6, 6.07) is 3.30. The summed E-state index contributed by atoms with van der Waals surface area (Å²) in [5, 5.41) is 0.287. The lowest BCUT2D eigenvalue weighted by Gasteiger charge is -2.13. The Bertz CT molecular complexity index is 688. The number of rotatable bonds is 0. The molecule has 0 saturated heterocycles. The van der Waals surface area contributed by atoms with Gasteiger partial charge >= 0.3 is 6.18 Å². The summed E-state index contributed by atoms with van der Waals surface area (Å²) in [6.45, 7) is 2.87. The first-order chi connectivity index (χ1) is 8.23. The number of hydrogen-bond donors (Lipinski definition) is 1. The highest BCUT2D eigenvalue weighted by atomic mass is 79.9. The largest absolute Gasteiger partial charge is 0.431 e. The fourth-order valence-electron chi connectivity index (χ4n) is 1.90. The Hall–Kier alpha value is -1.30. The number of nitrogens with one attached hydrogen (secondary N) is 1. The first kappa shape index (κ1) is 13.1. The molecule has 0 aliphatic rings. The van der Waals surface area contributed by atoms with E-state index in [-0.39, 0.29) is 16.5 Å². The normalized spacial score (nSPS) is 12.1. The Labute approximate surface area is 109 Å². The average Bonchev–Trinajstić information content (AvgIpc) is 2.26. The van der Waals surface area contributed by atoms with E-state index in [4.69, 9.17) is 0 Å². The lowest BCUT2D eigenvalue weighted by molar-refractivity contribution is -0.141. The number of aromatic nitrogens is 1. The van der Waals surface area contributed by atoms with Crippen molar-refractivity contribution < 1.29 is 13.2 Å². The molecule has 0 fully saturated rings. The summed E-state index contributed by atoms with van der Waals surface area (Å²) in [4.78, 5) is 14.3. The van der Waals surface area contributed by atoms with Crippen molar-refractivity contribution in [2.75, 3.05) is 0 Å². The molecule has 1 N–H and O–H groups in total. The minimum absolute atomic E-state index is 0.179. The van der Waals surface area contributed by atoms with Gasteiger partial charge in [0.1, 0.15) is 5.69 Å². The SMILES string of the molecule is Cc1c(C(F)(F)F)[nH]c2c(Br)ccc(C)c2c1=O. The molecule has 0 spiro atoms. The van der Waals surface area contributed by atoms with E-state index in [1.54, 1.807) is 19.1 Å². The first-order valence-electron chi connectivity index (χ1n) is 5.12. The van der Waals surface area contributed by atoms with Gasteiger partial charge in [0.15, 0.2) is 5.43 Å². The van der Waals surface area contributed by atoms with Crippen LogP contribution >= 0.6 is 15.9 Å². The third kappa shape index (κ3) is 1.94. The summed E-state index contributed by atoms with van der Waals surface area (Å²) >= 11 is 3.15. The van der Waals surface area contributed by atoms with E-state index in [2.05, 4.69) is 20.9 Å². The van der Waals surface area contributed by atoms with E-state index in [0.29, 0.717) is 10.0 Å². The van der Waals surface area contributed by atoms with Crippen molar-refractivity contribution in [3.63, 3.8) is 0 Å². The Morgan fingerprint density at radius 2 is 1.83 bits per heavy atom. The van der Waals surface area contributed by atoms with Gasteiger partial charge in [-0.15, -0.1) is 0 Å². The number of fused-ring (bicyclic) bond motifs is 1. The zero-order valence-electron chi connectivity index (χ0n) is 9.57. The summed E-state index contributed by atoms with van der Waals surface area (Å²) in [7, 11) is 0. The fourth-order valence-corrected chi connectivity index (χ4v) is 2.33. The van der Waals surface area contributed by atoms with Crippen LogP contribution in [0.15, 0.2) is 21.4 Å². The third-order valence-corrected chi connectivity index (χ3v) is 3.50. The minimum atomic E-state index is -4.57. The number of benzene rings is 1. The predicted octanol–water partition coefficient (Wildman–Crippen LogP) is 3.93. The van der Waals surface area contributed by atoms with Crippen LogP contribution < -0.4 is 5.43 Å². The third-order valence-electron chi connectivity index (χ3n) is 2.84. The highest BCUT2D eigenvalue weighted by Crippen LogP contribution is 2.32. The van der Waals surface area contributed by atoms with Gasteiger partial charge in [-0.1, -0.05) is 6.07 Å². The number of aryl methyl sites for hydroxylation is 1. The molecule has 2 nitrogen and oxygen atoms in total. The van der Waals surface area contributed by atoms with Gasteiger partial charge in [0.05, 0.1) is 5.52 Å². The quantitative estimate of drug-likeness (QED) is 0.784. The van der Waals surface area contributed by atoms with Gasteiger partial charge in [0.25, 0.3) is 0 Å². The lowest BCUT2D eigenvalue weighted by Crippen LogP contribution is -2.19. The maximum Gasteiger partial charge on any atom is 0.431 e. The van der Waals surface area contributed by atoms with Crippen LogP contribution in [0.2, 0.25) is 0 Å². The van der Waals surface area contributed by atoms with Gasteiger partial charge < -0.3 is 4.98 Å². The number of pyridine rings is 1. The van der Waals surface area contributed by atoms with Gasteiger partial charge in [-0.05, 0) is 41.4 Å². The maximum absolute atomic E-state index is 12.8. The van der Waals surface area contributed by atoms with Crippen LogP contribution in [-0.2, 0) is 6.18 Å². The number of H-pyrrole nitrogens is 1. The Kier molecular flexibility index (Phi) is 3.01. The molecule has 1 heterocycles. The van der Waals surface area contributed by atoms with Crippen LogP contribution in [0.5, 0.6) is 0 Å². The topological polar surface area (TPSA) is 32.9 Å². The van der Waals surface area contributed by atoms with E-state index < -0.39 is 17.3 Å². The molecule has 2 aromatic rings. The van der Waals surface area contributed by atoms with Gasteiger partial charge in [-0.2, -0.15) is 13.2 Å². The molecule has 0 atom stereocenters. The van der Waals surface area contributed by atoms with Crippen molar-refractivity contribution >= 4 is 26.8 Å². The summed E-state index contributed by atoms with van der Waals surface area (Å²) in [5.41, 5.74) is -1.07. The Morgan fingerprint density at radius 1 is 1.22 bits per heavy atom. The van der Waals surface area contributed by atoms with Gasteiger partial charge in [-0.3, -0.25) is 4.79 Å². The van der Waals surface area contributed by atoms with Gasteiger partial charge in [0, 0.05) is 15.4 Å². The van der Waals surface area contributed by atoms with Crippen molar-refractivity contribution in [3.8, 4) is 0 Å². The first-order valence-corrected chi connectivity index (χ1v) is 5.91. The maximum atomic E-state index is 12.8. The van der Waals surface area contributed by atoms with E-state index in [1.165, 1.54) is 6.92 Å². The molecule has 0 amide bonds. The molecular formula is C12H9BrF3NO. The minimum Gasteiger partial charge on any atom is -0.350 e. The molecule has 0 aliphatic carbocycles. The van der Waals surface area contributed by atoms with Crippen LogP contribution in [0.3, 0.4) is 0 Å². The molecule has 2 rings (SSSR count). The number of aromatic amines is 1. The van der Waals surface area contributed by atoms with E-state index in [1.807, 2.05) is 0 Å². The molecule has 0 unspecified atom stereocenters.